The smallest absolute Gasteiger partial charge is 0.275 e. The topological polar surface area (TPSA) is 86.9 Å². The van der Waals surface area contributed by atoms with E-state index in [2.05, 4.69) is 34.2 Å². The van der Waals surface area contributed by atoms with Crippen molar-refractivity contribution in [3.8, 4) is 0 Å². The van der Waals surface area contributed by atoms with E-state index in [1.165, 1.54) is 0 Å². The molecule has 23 heavy (non-hydrogen) atoms. The van der Waals surface area contributed by atoms with Crippen LogP contribution in [0.15, 0.2) is 6.07 Å². The van der Waals surface area contributed by atoms with Crippen LogP contribution in [0.3, 0.4) is 0 Å². The molecular formula is C16H23N5O2. The summed E-state index contributed by atoms with van der Waals surface area (Å²) in [4.78, 5) is 14.8. The normalized spacial score (nSPS) is 18.7. The molecule has 3 heterocycles. The molecule has 2 aromatic rings. The van der Waals surface area contributed by atoms with Gasteiger partial charge in [-0.1, -0.05) is 13.8 Å². The van der Waals surface area contributed by atoms with E-state index in [0.717, 1.165) is 22.6 Å². The first-order valence-electron chi connectivity index (χ1n) is 7.94. The number of hydrogen-bond donors (Lipinski definition) is 2. The van der Waals surface area contributed by atoms with E-state index in [9.17, 15) is 4.79 Å². The minimum Gasteiger partial charge on any atom is -0.377 e. The van der Waals surface area contributed by atoms with Crippen molar-refractivity contribution in [1.82, 2.24) is 25.3 Å². The first-order chi connectivity index (χ1) is 11.0. The van der Waals surface area contributed by atoms with Gasteiger partial charge in [-0.25, -0.2) is 0 Å². The Morgan fingerprint density at radius 3 is 2.74 bits per heavy atom. The summed E-state index contributed by atoms with van der Waals surface area (Å²) in [6.07, 6.45) is 0. The maximum atomic E-state index is 12.9. The molecule has 1 saturated heterocycles. The number of nitrogens with one attached hydrogen (secondary N) is 2. The highest BCUT2D eigenvalue weighted by molar-refractivity contribution is 5.92. The predicted octanol–water partition coefficient (Wildman–Crippen LogP) is 2.09. The van der Waals surface area contributed by atoms with E-state index in [4.69, 9.17) is 4.74 Å². The standard InChI is InChI=1S/C16H23N5O2/c1-9(2)12-7-13(20-19-12)16(22)21-5-6-23-8-14(21)15-10(3)17-18-11(15)4/h7,9,14H,5-6,8H2,1-4H3,(H,17,18)(H,19,20). The van der Waals surface area contributed by atoms with Crippen LogP contribution < -0.4 is 0 Å². The number of carbonyl (C=O) groups is 1. The highest BCUT2D eigenvalue weighted by Gasteiger charge is 2.33. The lowest BCUT2D eigenvalue weighted by molar-refractivity contribution is -0.00332. The van der Waals surface area contributed by atoms with Gasteiger partial charge >= 0.3 is 0 Å². The van der Waals surface area contributed by atoms with E-state index in [1.54, 1.807) is 0 Å². The van der Waals surface area contributed by atoms with Gasteiger partial charge in [-0.3, -0.25) is 15.0 Å². The van der Waals surface area contributed by atoms with Crippen LogP contribution in [-0.4, -0.2) is 51.0 Å². The first kappa shape index (κ1) is 15.7. The molecule has 1 aliphatic heterocycles. The summed E-state index contributed by atoms with van der Waals surface area (Å²) in [6, 6.07) is 1.71. The summed E-state index contributed by atoms with van der Waals surface area (Å²) in [5.41, 5.74) is 4.34. The molecule has 1 fully saturated rings. The molecule has 7 heteroatoms. The number of aryl methyl sites for hydroxylation is 2. The lowest BCUT2D eigenvalue weighted by Gasteiger charge is -2.35. The first-order valence-corrected chi connectivity index (χ1v) is 7.94. The molecule has 0 radical (unpaired) electrons. The van der Waals surface area contributed by atoms with Crippen molar-refractivity contribution < 1.29 is 9.53 Å². The Kier molecular flexibility index (Phi) is 4.21. The zero-order valence-corrected chi connectivity index (χ0v) is 14.0. The van der Waals surface area contributed by atoms with E-state index < -0.39 is 0 Å². The predicted molar refractivity (Wildman–Crippen MR) is 85.3 cm³/mol. The van der Waals surface area contributed by atoms with Gasteiger partial charge in [0.2, 0.25) is 0 Å². The van der Waals surface area contributed by atoms with Crippen LogP contribution in [-0.2, 0) is 4.74 Å². The van der Waals surface area contributed by atoms with Crippen LogP contribution >= 0.6 is 0 Å². The summed E-state index contributed by atoms with van der Waals surface area (Å²) in [6.45, 7) is 9.63. The lowest BCUT2D eigenvalue weighted by atomic mass is 10.0. The highest BCUT2D eigenvalue weighted by atomic mass is 16.5. The van der Waals surface area contributed by atoms with Crippen molar-refractivity contribution in [3.05, 3.63) is 34.4 Å². The monoisotopic (exact) mass is 317 g/mol. The Bertz CT molecular complexity index is 684. The van der Waals surface area contributed by atoms with Gasteiger partial charge in [-0.05, 0) is 25.8 Å². The molecule has 0 aliphatic carbocycles. The Balaban J connectivity index is 1.90. The third kappa shape index (κ3) is 2.88. The number of aromatic nitrogens is 4. The molecule has 1 aliphatic rings. The number of amides is 1. The fourth-order valence-electron chi connectivity index (χ4n) is 3.03. The minimum absolute atomic E-state index is 0.0681. The molecule has 1 amide bonds. The molecule has 1 unspecified atom stereocenters. The number of hydrogen-bond acceptors (Lipinski definition) is 4. The molecule has 0 saturated carbocycles. The number of nitrogens with zero attached hydrogens (tertiary/aromatic N) is 3. The third-order valence-electron chi connectivity index (χ3n) is 4.35. The molecule has 0 aromatic carbocycles. The fourth-order valence-corrected chi connectivity index (χ4v) is 3.03. The number of rotatable bonds is 3. The average molecular weight is 317 g/mol. The van der Waals surface area contributed by atoms with E-state index in [1.807, 2.05) is 24.8 Å². The molecule has 3 rings (SSSR count). The van der Waals surface area contributed by atoms with Gasteiger partial charge in [0.05, 0.1) is 24.9 Å². The van der Waals surface area contributed by atoms with Gasteiger partial charge in [0, 0.05) is 23.5 Å². The summed E-state index contributed by atoms with van der Waals surface area (Å²) < 4.78 is 5.61. The summed E-state index contributed by atoms with van der Waals surface area (Å²) in [7, 11) is 0. The van der Waals surface area contributed by atoms with Crippen molar-refractivity contribution >= 4 is 5.91 Å². The highest BCUT2D eigenvalue weighted by Crippen LogP contribution is 2.29. The van der Waals surface area contributed by atoms with Gasteiger partial charge in [-0.15, -0.1) is 0 Å². The van der Waals surface area contributed by atoms with Crippen molar-refractivity contribution in [3.63, 3.8) is 0 Å². The van der Waals surface area contributed by atoms with Gasteiger partial charge < -0.3 is 9.64 Å². The number of morpholine rings is 1. The van der Waals surface area contributed by atoms with Crippen molar-refractivity contribution in [2.75, 3.05) is 19.8 Å². The third-order valence-corrected chi connectivity index (χ3v) is 4.35. The Morgan fingerprint density at radius 2 is 2.13 bits per heavy atom. The van der Waals surface area contributed by atoms with Crippen LogP contribution in [0.1, 0.15) is 58.9 Å². The molecule has 2 N–H and O–H groups in total. The van der Waals surface area contributed by atoms with Crippen LogP contribution in [0.2, 0.25) is 0 Å². The molecule has 0 bridgehead atoms. The summed E-state index contributed by atoms with van der Waals surface area (Å²) in [5, 5.41) is 14.4. The maximum absolute atomic E-state index is 12.9. The number of H-pyrrole nitrogens is 2. The van der Waals surface area contributed by atoms with Crippen molar-refractivity contribution in [1.29, 1.82) is 0 Å². The van der Waals surface area contributed by atoms with Gasteiger partial charge in [0.1, 0.15) is 5.69 Å². The number of carbonyl (C=O) groups excluding carboxylic acids is 1. The molecule has 7 nitrogen and oxygen atoms in total. The van der Waals surface area contributed by atoms with E-state index in [0.29, 0.717) is 31.4 Å². The second kappa shape index (κ2) is 6.16. The molecule has 1 atom stereocenters. The fraction of sp³-hybridized carbons (Fsp3) is 0.562. The number of aromatic amines is 2. The van der Waals surface area contributed by atoms with Crippen LogP contribution in [0.4, 0.5) is 0 Å². The van der Waals surface area contributed by atoms with Crippen LogP contribution in [0.5, 0.6) is 0 Å². The lowest BCUT2D eigenvalue weighted by Crippen LogP contribution is -2.44. The zero-order chi connectivity index (χ0) is 16.6. The van der Waals surface area contributed by atoms with Crippen LogP contribution in [0.25, 0.3) is 0 Å². The zero-order valence-electron chi connectivity index (χ0n) is 14.0. The quantitative estimate of drug-likeness (QED) is 0.907. The minimum atomic E-state index is -0.130. The Morgan fingerprint density at radius 1 is 1.35 bits per heavy atom. The number of ether oxygens (including phenoxy) is 1. The molecule has 0 spiro atoms. The average Bonchev–Trinajstić information content (AvgIpc) is 3.14. The second-order valence-corrected chi connectivity index (χ2v) is 6.30. The molecular weight excluding hydrogens is 294 g/mol. The van der Waals surface area contributed by atoms with E-state index in [-0.39, 0.29) is 11.9 Å². The largest absolute Gasteiger partial charge is 0.377 e. The van der Waals surface area contributed by atoms with Crippen LogP contribution in [0, 0.1) is 13.8 Å². The summed E-state index contributed by atoms with van der Waals surface area (Å²) in [5.74, 6) is 0.240. The molecule has 2 aromatic heterocycles. The van der Waals surface area contributed by atoms with E-state index >= 15 is 0 Å². The summed E-state index contributed by atoms with van der Waals surface area (Å²) >= 11 is 0. The van der Waals surface area contributed by atoms with Crippen molar-refractivity contribution in [2.45, 2.75) is 39.7 Å². The molecule has 124 valence electrons. The SMILES string of the molecule is Cc1n[nH]c(C)c1C1COCCN1C(=O)c1cc(C(C)C)[nH]n1. The van der Waals surface area contributed by atoms with Crippen molar-refractivity contribution in [2.24, 2.45) is 0 Å². The van der Waals surface area contributed by atoms with Gasteiger partial charge in [0.25, 0.3) is 5.91 Å². The van der Waals surface area contributed by atoms with Gasteiger partial charge in [0.15, 0.2) is 0 Å². The Labute approximate surface area is 135 Å². The second-order valence-electron chi connectivity index (χ2n) is 6.30. The maximum Gasteiger partial charge on any atom is 0.275 e. The van der Waals surface area contributed by atoms with Gasteiger partial charge in [-0.2, -0.15) is 10.2 Å². The Hall–Kier alpha value is -2.15.